The number of nitrogens with one attached hydrogen (secondary N) is 1. The highest BCUT2D eigenvalue weighted by molar-refractivity contribution is 6.28. The average Bonchev–Trinajstić information content (AvgIpc) is 3.57. The Kier molecular flexibility index (Phi) is 7.40. The topological polar surface area (TPSA) is 53.5 Å². The van der Waals surface area contributed by atoms with Crippen LogP contribution in [0.3, 0.4) is 0 Å². The normalized spacial score (nSPS) is 15.1. The third-order valence-corrected chi connectivity index (χ3v) is 10.6. The molecule has 4 nitrogen and oxygen atoms in total. The van der Waals surface area contributed by atoms with Crippen LogP contribution in [0, 0.1) is 5.41 Å². The molecule has 0 saturated carbocycles. The van der Waals surface area contributed by atoms with Crippen molar-refractivity contribution in [2.75, 3.05) is 0 Å². The highest BCUT2D eigenvalue weighted by Crippen LogP contribution is 2.41. The predicted octanol–water partition coefficient (Wildman–Crippen LogP) is 12.4. The molecular weight excluding hydrogens is 645 g/mol. The molecular formula is C49H34N4. The van der Waals surface area contributed by atoms with Gasteiger partial charge >= 0.3 is 0 Å². The molecule has 250 valence electrons. The second kappa shape index (κ2) is 12.7. The second-order valence-corrected chi connectivity index (χ2v) is 13.8. The van der Waals surface area contributed by atoms with Crippen molar-refractivity contribution < 1.29 is 0 Å². The van der Waals surface area contributed by atoms with Gasteiger partial charge in [-0.1, -0.05) is 152 Å². The summed E-state index contributed by atoms with van der Waals surface area (Å²) in [7, 11) is 0. The SMILES string of the molecule is N=C(N=C(N=CC1=CC(n2c3ccc4ccccc4c3c3c4ccccc4ccc32)CC=C1)c1ccc2ccccc2c1)c1ccc2ccccc2c1. The van der Waals surface area contributed by atoms with Crippen molar-refractivity contribution in [2.45, 2.75) is 12.5 Å². The standard InChI is InChI=1S/C49H34N4/c50-48(39-22-20-33-11-1-3-15-37(33)29-39)52-49(40-23-21-34-12-2-4-16-38(34)30-40)51-31-32-10-9-17-41(28-32)53-44-26-24-35-13-5-7-18-42(35)46(44)47-43-19-8-6-14-36(43)25-27-45(47)53/h1-16,18-31,41,50H,17H2. The number of benzene rings is 8. The zero-order chi connectivity index (χ0) is 35.3. The van der Waals surface area contributed by atoms with Gasteiger partial charge in [-0.25, -0.2) is 9.98 Å². The quantitative estimate of drug-likeness (QED) is 0.142. The van der Waals surface area contributed by atoms with Crippen LogP contribution in [0.15, 0.2) is 192 Å². The molecule has 1 heterocycles. The first-order valence-corrected chi connectivity index (χ1v) is 18.1. The molecule has 4 heteroatoms. The second-order valence-electron chi connectivity index (χ2n) is 13.8. The van der Waals surface area contributed by atoms with E-state index in [-0.39, 0.29) is 11.9 Å². The lowest BCUT2D eigenvalue weighted by atomic mass is 10.00. The minimum absolute atomic E-state index is 0.0840. The molecule has 1 aromatic heterocycles. The Morgan fingerprint density at radius 1 is 0.566 bits per heavy atom. The maximum atomic E-state index is 9.07. The van der Waals surface area contributed by atoms with E-state index in [1.807, 2.05) is 54.7 Å². The molecule has 8 aromatic carbocycles. The van der Waals surface area contributed by atoms with Crippen LogP contribution in [-0.4, -0.2) is 22.5 Å². The van der Waals surface area contributed by atoms with Gasteiger partial charge in [0.2, 0.25) is 0 Å². The molecule has 0 bridgehead atoms. The Morgan fingerprint density at radius 3 is 1.70 bits per heavy atom. The van der Waals surface area contributed by atoms with Crippen LogP contribution in [0.4, 0.5) is 0 Å². The smallest absolute Gasteiger partial charge is 0.161 e. The number of rotatable bonds is 4. The third kappa shape index (κ3) is 5.44. The van der Waals surface area contributed by atoms with Crippen molar-refractivity contribution >= 4 is 82.8 Å². The van der Waals surface area contributed by atoms with Crippen LogP contribution in [0.5, 0.6) is 0 Å². The lowest BCUT2D eigenvalue weighted by Crippen LogP contribution is -2.09. The molecule has 53 heavy (non-hydrogen) atoms. The molecule has 10 rings (SSSR count). The van der Waals surface area contributed by atoms with Gasteiger partial charge in [0.05, 0.1) is 17.1 Å². The van der Waals surface area contributed by atoms with Crippen molar-refractivity contribution in [2.24, 2.45) is 9.98 Å². The van der Waals surface area contributed by atoms with Crippen molar-refractivity contribution in [1.82, 2.24) is 4.57 Å². The summed E-state index contributed by atoms with van der Waals surface area (Å²) in [4.78, 5) is 9.90. The van der Waals surface area contributed by atoms with Gasteiger partial charge in [-0.15, -0.1) is 0 Å². The highest BCUT2D eigenvalue weighted by atomic mass is 15.0. The third-order valence-electron chi connectivity index (χ3n) is 10.6. The van der Waals surface area contributed by atoms with E-state index < -0.39 is 0 Å². The maximum Gasteiger partial charge on any atom is 0.161 e. The van der Waals surface area contributed by atoms with E-state index in [0.29, 0.717) is 5.84 Å². The van der Waals surface area contributed by atoms with E-state index in [1.165, 1.54) is 43.4 Å². The molecule has 9 aromatic rings. The van der Waals surface area contributed by atoms with E-state index in [0.717, 1.165) is 44.7 Å². The zero-order valence-corrected chi connectivity index (χ0v) is 28.9. The van der Waals surface area contributed by atoms with Crippen molar-refractivity contribution in [3.8, 4) is 0 Å². The van der Waals surface area contributed by atoms with E-state index in [9.17, 15) is 0 Å². The molecule has 0 amide bonds. The summed E-state index contributed by atoms with van der Waals surface area (Å²) in [5.41, 5.74) is 5.07. The summed E-state index contributed by atoms with van der Waals surface area (Å²) >= 11 is 0. The molecule has 0 saturated heterocycles. The summed E-state index contributed by atoms with van der Waals surface area (Å²) in [5, 5.41) is 21.2. The fourth-order valence-electron chi connectivity index (χ4n) is 8.03. The Balaban J connectivity index is 1.09. The van der Waals surface area contributed by atoms with Crippen LogP contribution in [-0.2, 0) is 0 Å². The Labute approximate surface area is 306 Å². The first-order chi connectivity index (χ1) is 26.2. The van der Waals surface area contributed by atoms with Gasteiger partial charge in [0, 0.05) is 28.1 Å². The van der Waals surface area contributed by atoms with Crippen LogP contribution in [0.2, 0.25) is 0 Å². The van der Waals surface area contributed by atoms with Gasteiger partial charge in [-0.05, 0) is 79.3 Å². The zero-order valence-electron chi connectivity index (χ0n) is 28.9. The summed E-state index contributed by atoms with van der Waals surface area (Å²) < 4.78 is 2.51. The molecule has 1 N–H and O–H groups in total. The van der Waals surface area contributed by atoms with Crippen LogP contribution in [0.1, 0.15) is 23.6 Å². The minimum atomic E-state index is 0.0840. The maximum absolute atomic E-state index is 9.07. The fraction of sp³-hybridized carbons (Fsp3) is 0.0408. The fourth-order valence-corrected chi connectivity index (χ4v) is 8.03. The van der Waals surface area contributed by atoms with Crippen LogP contribution >= 0.6 is 0 Å². The molecule has 1 aliphatic rings. The largest absolute Gasteiger partial charge is 0.333 e. The van der Waals surface area contributed by atoms with Gasteiger partial charge in [0.15, 0.2) is 11.7 Å². The van der Waals surface area contributed by atoms with Crippen molar-refractivity contribution in [3.63, 3.8) is 0 Å². The Morgan fingerprint density at radius 2 is 1.08 bits per heavy atom. The molecule has 1 atom stereocenters. The number of amidine groups is 2. The number of allylic oxidation sites excluding steroid dienone is 4. The first kappa shape index (κ1) is 30.9. The first-order valence-electron chi connectivity index (χ1n) is 18.1. The lowest BCUT2D eigenvalue weighted by Gasteiger charge is -2.20. The Hall–Kier alpha value is -6.91. The molecule has 0 fully saturated rings. The monoisotopic (exact) mass is 678 g/mol. The van der Waals surface area contributed by atoms with E-state index in [4.69, 9.17) is 15.4 Å². The number of hydrogen-bond acceptors (Lipinski definition) is 1. The summed E-state index contributed by atoms with van der Waals surface area (Å²) in [5.74, 6) is 0.673. The summed E-state index contributed by atoms with van der Waals surface area (Å²) in [6, 6.07) is 55.4. The van der Waals surface area contributed by atoms with E-state index >= 15 is 0 Å². The highest BCUT2D eigenvalue weighted by Gasteiger charge is 2.21. The van der Waals surface area contributed by atoms with Gasteiger partial charge in [0.1, 0.15) is 0 Å². The summed E-state index contributed by atoms with van der Waals surface area (Å²) in [6.07, 6.45) is 9.48. The molecule has 1 aliphatic carbocycles. The number of aliphatic imine (C=N–C) groups is 2. The molecule has 0 aliphatic heterocycles. The van der Waals surface area contributed by atoms with Crippen LogP contribution < -0.4 is 0 Å². The van der Waals surface area contributed by atoms with Gasteiger partial charge < -0.3 is 4.57 Å². The number of hydrogen-bond donors (Lipinski definition) is 1. The van der Waals surface area contributed by atoms with Crippen molar-refractivity contribution in [3.05, 3.63) is 193 Å². The molecule has 0 spiro atoms. The minimum Gasteiger partial charge on any atom is -0.333 e. The lowest BCUT2D eigenvalue weighted by molar-refractivity contribution is 0.646. The predicted molar refractivity (Wildman–Crippen MR) is 225 cm³/mol. The molecule has 0 radical (unpaired) electrons. The van der Waals surface area contributed by atoms with Crippen LogP contribution in [0.25, 0.3) is 64.9 Å². The number of fused-ring (bicyclic) bond motifs is 9. The van der Waals surface area contributed by atoms with E-state index in [2.05, 4.69) is 132 Å². The van der Waals surface area contributed by atoms with Gasteiger partial charge in [-0.2, -0.15) is 0 Å². The summed E-state index contributed by atoms with van der Waals surface area (Å²) in [6.45, 7) is 0. The average molecular weight is 679 g/mol. The van der Waals surface area contributed by atoms with E-state index in [1.54, 1.807) is 0 Å². The van der Waals surface area contributed by atoms with Gasteiger partial charge in [0.25, 0.3) is 0 Å². The Bertz CT molecular complexity index is 2970. The molecule has 1 unspecified atom stereocenters. The number of aromatic nitrogens is 1. The number of nitrogens with zero attached hydrogens (tertiary/aromatic N) is 3. The van der Waals surface area contributed by atoms with Gasteiger partial charge in [-0.3, -0.25) is 5.41 Å². The van der Waals surface area contributed by atoms with Crippen molar-refractivity contribution in [1.29, 1.82) is 5.41 Å².